The molecule has 6 nitrogen and oxygen atoms in total. The lowest BCUT2D eigenvalue weighted by Gasteiger charge is -1.97. The number of rotatable bonds is 1. The second-order valence-electron chi connectivity index (χ2n) is 2.56. The number of aromatic nitrogens is 4. The highest BCUT2D eigenvalue weighted by molar-refractivity contribution is 5.31. The molecule has 0 bridgehead atoms. The van der Waals surface area contributed by atoms with Crippen LogP contribution < -0.4 is 5.73 Å². The first-order valence-electron chi connectivity index (χ1n) is 3.83. The molecule has 0 unspecified atom stereocenters. The summed E-state index contributed by atoms with van der Waals surface area (Å²) >= 11 is 0. The normalized spacial score (nSPS) is 9.64. The van der Waals surface area contributed by atoms with E-state index in [2.05, 4.69) is 15.1 Å². The monoisotopic (exact) mass is 186 g/mol. The summed E-state index contributed by atoms with van der Waals surface area (Å²) in [6.45, 7) is 0. The van der Waals surface area contributed by atoms with Gasteiger partial charge in [-0.05, 0) is 12.1 Å². The molecule has 2 rings (SSSR count). The SMILES string of the molecule is N#Cc1ccc(-n2cnc(N)n2)nc1. The van der Waals surface area contributed by atoms with Crippen LogP contribution in [0.1, 0.15) is 5.56 Å². The highest BCUT2D eigenvalue weighted by atomic mass is 15.4. The molecule has 2 aromatic heterocycles. The van der Waals surface area contributed by atoms with Gasteiger partial charge in [0.05, 0.1) is 5.56 Å². The highest BCUT2D eigenvalue weighted by Gasteiger charge is 2.00. The second kappa shape index (κ2) is 3.14. The van der Waals surface area contributed by atoms with E-state index in [1.807, 2.05) is 6.07 Å². The van der Waals surface area contributed by atoms with E-state index < -0.39 is 0 Å². The van der Waals surface area contributed by atoms with E-state index in [9.17, 15) is 0 Å². The fraction of sp³-hybridized carbons (Fsp3) is 0. The summed E-state index contributed by atoms with van der Waals surface area (Å²) in [4.78, 5) is 7.78. The van der Waals surface area contributed by atoms with Crippen LogP contribution in [0.4, 0.5) is 5.95 Å². The van der Waals surface area contributed by atoms with E-state index >= 15 is 0 Å². The van der Waals surface area contributed by atoms with Crippen molar-refractivity contribution in [1.29, 1.82) is 5.26 Å². The Balaban J connectivity index is 2.39. The summed E-state index contributed by atoms with van der Waals surface area (Å²) in [6, 6.07) is 5.30. The zero-order valence-electron chi connectivity index (χ0n) is 7.12. The van der Waals surface area contributed by atoms with E-state index in [-0.39, 0.29) is 5.95 Å². The fourth-order valence-electron chi connectivity index (χ4n) is 0.974. The number of anilines is 1. The molecule has 0 aromatic carbocycles. The Hall–Kier alpha value is -2.42. The van der Waals surface area contributed by atoms with Crippen LogP contribution in [0.25, 0.3) is 5.82 Å². The highest BCUT2D eigenvalue weighted by Crippen LogP contribution is 2.03. The third kappa shape index (κ3) is 1.38. The predicted molar refractivity (Wildman–Crippen MR) is 48.3 cm³/mol. The van der Waals surface area contributed by atoms with Crippen molar-refractivity contribution in [2.75, 3.05) is 5.73 Å². The Labute approximate surface area is 79.6 Å². The molecular weight excluding hydrogens is 180 g/mol. The fourth-order valence-corrected chi connectivity index (χ4v) is 0.974. The van der Waals surface area contributed by atoms with Crippen LogP contribution in [-0.2, 0) is 0 Å². The van der Waals surface area contributed by atoms with Crippen LogP contribution >= 0.6 is 0 Å². The zero-order valence-corrected chi connectivity index (χ0v) is 7.12. The van der Waals surface area contributed by atoms with Gasteiger partial charge in [-0.1, -0.05) is 0 Å². The Bertz CT molecular complexity index is 477. The van der Waals surface area contributed by atoms with E-state index in [1.54, 1.807) is 12.1 Å². The number of nitrogens with zero attached hydrogens (tertiary/aromatic N) is 5. The quantitative estimate of drug-likeness (QED) is 0.682. The molecule has 0 fully saturated rings. The van der Waals surface area contributed by atoms with E-state index in [4.69, 9.17) is 11.0 Å². The molecule has 2 N–H and O–H groups in total. The minimum absolute atomic E-state index is 0.191. The van der Waals surface area contributed by atoms with Crippen LogP contribution in [0.5, 0.6) is 0 Å². The number of nitrogen functional groups attached to an aromatic ring is 1. The first kappa shape index (κ1) is 8.19. The first-order valence-corrected chi connectivity index (χ1v) is 3.83. The Morgan fingerprint density at radius 1 is 1.36 bits per heavy atom. The van der Waals surface area contributed by atoms with Crippen molar-refractivity contribution >= 4 is 5.95 Å². The number of nitriles is 1. The van der Waals surface area contributed by atoms with Crippen molar-refractivity contribution in [3.05, 3.63) is 30.2 Å². The van der Waals surface area contributed by atoms with Gasteiger partial charge in [-0.2, -0.15) is 5.26 Å². The summed E-state index contributed by atoms with van der Waals surface area (Å²) in [5.74, 6) is 0.768. The number of nitrogens with two attached hydrogens (primary N) is 1. The molecule has 0 aliphatic rings. The van der Waals surface area contributed by atoms with E-state index in [0.29, 0.717) is 11.4 Å². The van der Waals surface area contributed by atoms with Crippen LogP contribution in [-0.4, -0.2) is 19.7 Å². The van der Waals surface area contributed by atoms with Gasteiger partial charge in [-0.15, -0.1) is 5.10 Å². The van der Waals surface area contributed by atoms with Crippen molar-refractivity contribution in [3.8, 4) is 11.9 Å². The van der Waals surface area contributed by atoms with E-state index in [1.165, 1.54) is 17.2 Å². The molecule has 14 heavy (non-hydrogen) atoms. The summed E-state index contributed by atoms with van der Waals surface area (Å²) < 4.78 is 1.44. The van der Waals surface area contributed by atoms with Gasteiger partial charge in [0, 0.05) is 6.20 Å². The Kier molecular flexibility index (Phi) is 1.84. The lowest BCUT2D eigenvalue weighted by atomic mass is 10.3. The van der Waals surface area contributed by atoms with Crippen LogP contribution in [0, 0.1) is 11.3 Å². The smallest absolute Gasteiger partial charge is 0.239 e. The molecule has 0 saturated heterocycles. The molecule has 0 saturated carbocycles. The maximum Gasteiger partial charge on any atom is 0.239 e. The van der Waals surface area contributed by atoms with Crippen molar-refractivity contribution < 1.29 is 0 Å². The van der Waals surface area contributed by atoms with Crippen molar-refractivity contribution in [3.63, 3.8) is 0 Å². The summed E-state index contributed by atoms with van der Waals surface area (Å²) in [5.41, 5.74) is 5.85. The zero-order chi connectivity index (χ0) is 9.97. The molecule has 6 heteroatoms. The van der Waals surface area contributed by atoms with Crippen LogP contribution in [0.3, 0.4) is 0 Å². The second-order valence-corrected chi connectivity index (χ2v) is 2.56. The standard InChI is InChI=1S/C8H6N6/c9-3-6-1-2-7(11-4-6)14-5-12-8(10)13-14/h1-2,4-5H,(H2,10,13). The summed E-state index contributed by atoms with van der Waals surface area (Å²) in [6.07, 6.45) is 2.93. The maximum atomic E-state index is 8.56. The maximum absolute atomic E-state index is 8.56. The Morgan fingerprint density at radius 2 is 2.21 bits per heavy atom. The molecule has 0 aliphatic heterocycles. The minimum atomic E-state index is 0.191. The number of pyridine rings is 1. The summed E-state index contributed by atoms with van der Waals surface area (Å²) in [5, 5.41) is 12.4. The number of hydrogen-bond donors (Lipinski definition) is 1. The van der Waals surface area contributed by atoms with Crippen molar-refractivity contribution in [2.24, 2.45) is 0 Å². The average molecular weight is 186 g/mol. The molecule has 68 valence electrons. The van der Waals surface area contributed by atoms with Gasteiger partial charge in [-0.25, -0.2) is 14.6 Å². The van der Waals surface area contributed by atoms with Gasteiger partial charge >= 0.3 is 0 Å². The van der Waals surface area contributed by atoms with Gasteiger partial charge in [0.1, 0.15) is 12.4 Å². The molecule has 0 aliphatic carbocycles. The van der Waals surface area contributed by atoms with Crippen molar-refractivity contribution in [2.45, 2.75) is 0 Å². The van der Waals surface area contributed by atoms with Gasteiger partial charge in [0.15, 0.2) is 5.82 Å². The van der Waals surface area contributed by atoms with Gasteiger partial charge in [0.25, 0.3) is 0 Å². The van der Waals surface area contributed by atoms with Gasteiger partial charge in [0.2, 0.25) is 5.95 Å². The molecule has 0 atom stereocenters. The lowest BCUT2D eigenvalue weighted by Crippen LogP contribution is -1.98. The van der Waals surface area contributed by atoms with Gasteiger partial charge < -0.3 is 5.73 Å². The molecule has 2 aromatic rings. The van der Waals surface area contributed by atoms with Crippen molar-refractivity contribution in [1.82, 2.24) is 19.7 Å². The largest absolute Gasteiger partial charge is 0.366 e. The molecule has 0 radical (unpaired) electrons. The third-order valence-electron chi connectivity index (χ3n) is 1.62. The minimum Gasteiger partial charge on any atom is -0.366 e. The summed E-state index contributed by atoms with van der Waals surface area (Å²) in [7, 11) is 0. The lowest BCUT2D eigenvalue weighted by molar-refractivity contribution is 0.848. The topological polar surface area (TPSA) is 93.4 Å². The predicted octanol–water partition coefficient (Wildman–Crippen LogP) is 0.116. The Morgan fingerprint density at radius 3 is 2.71 bits per heavy atom. The van der Waals surface area contributed by atoms with Gasteiger partial charge in [-0.3, -0.25) is 0 Å². The number of hydrogen-bond acceptors (Lipinski definition) is 5. The first-order chi connectivity index (χ1) is 6.79. The van der Waals surface area contributed by atoms with Crippen LogP contribution in [0.15, 0.2) is 24.7 Å². The third-order valence-corrected chi connectivity index (χ3v) is 1.62. The molecule has 2 heterocycles. The molecular formula is C8H6N6. The average Bonchev–Trinajstić information content (AvgIpc) is 2.65. The van der Waals surface area contributed by atoms with E-state index in [0.717, 1.165) is 0 Å². The molecule has 0 amide bonds. The molecule has 0 spiro atoms. The van der Waals surface area contributed by atoms with Crippen LogP contribution in [0.2, 0.25) is 0 Å².